The molecule has 2 N–H and O–H groups in total. The van der Waals surface area contributed by atoms with Gasteiger partial charge in [0.1, 0.15) is 28.6 Å². The van der Waals surface area contributed by atoms with Gasteiger partial charge in [0, 0.05) is 48.7 Å². The Morgan fingerprint density at radius 2 is 1.97 bits per heavy atom. The van der Waals surface area contributed by atoms with Crippen LogP contribution >= 0.6 is 11.6 Å². The van der Waals surface area contributed by atoms with Crippen molar-refractivity contribution in [2.75, 3.05) is 18.8 Å². The van der Waals surface area contributed by atoms with Gasteiger partial charge in [-0.15, -0.1) is 0 Å². The Morgan fingerprint density at radius 3 is 2.61 bits per heavy atom. The van der Waals surface area contributed by atoms with Crippen LogP contribution in [0.3, 0.4) is 0 Å². The summed E-state index contributed by atoms with van der Waals surface area (Å²) >= 11 is 6.45. The van der Waals surface area contributed by atoms with Gasteiger partial charge >= 0.3 is 0 Å². The third-order valence-electron chi connectivity index (χ3n) is 6.82. The summed E-state index contributed by atoms with van der Waals surface area (Å²) < 4.78 is 23.8. The number of aryl methyl sites for hydroxylation is 1. The summed E-state index contributed by atoms with van der Waals surface area (Å²) in [4.78, 5) is 27.8. The van der Waals surface area contributed by atoms with Gasteiger partial charge in [-0.1, -0.05) is 31.5 Å². The SMILES string of the molecule is Cc1nc([C@@H](C)c2cc(Cl)c(F)c(-c3ccc(C(=O)N4CC(C)C4)nc3)c2OC(C)C)n2ccnc(N)c12. The molecule has 0 saturated carbocycles. The van der Waals surface area contributed by atoms with Crippen LogP contribution in [0, 0.1) is 18.7 Å². The van der Waals surface area contributed by atoms with Crippen LogP contribution in [0.1, 0.15) is 61.2 Å². The standard InChI is InChI=1S/C28H30ClFN6O2/c1-14(2)38-25-19(16(4)27-34-17(5)24-26(31)32-8-9-36(24)27)10-20(29)23(30)22(25)18-6-7-21(33-11-18)28(37)35-12-15(3)13-35/h6-11,14-16H,12-13H2,1-5H3,(H2,31,32)/t16-/m0/s1. The minimum atomic E-state index is -0.617. The summed E-state index contributed by atoms with van der Waals surface area (Å²) in [5, 5.41) is -0.0496. The highest BCUT2D eigenvalue weighted by molar-refractivity contribution is 6.31. The number of carbonyl (C=O) groups excluding carboxylic acids is 1. The summed E-state index contributed by atoms with van der Waals surface area (Å²) in [7, 11) is 0. The van der Waals surface area contributed by atoms with E-state index < -0.39 is 5.82 Å². The molecular weight excluding hydrogens is 507 g/mol. The fourth-order valence-corrected chi connectivity index (χ4v) is 5.19. The second-order valence-corrected chi connectivity index (χ2v) is 10.6. The molecule has 4 heterocycles. The lowest BCUT2D eigenvalue weighted by molar-refractivity contribution is 0.0524. The van der Waals surface area contributed by atoms with Gasteiger partial charge in [-0.25, -0.2) is 14.4 Å². The van der Waals surface area contributed by atoms with E-state index in [0.29, 0.717) is 53.2 Å². The number of likely N-dealkylation sites (tertiary alicyclic amines) is 1. The van der Waals surface area contributed by atoms with E-state index in [-0.39, 0.29) is 28.5 Å². The van der Waals surface area contributed by atoms with Crippen LogP contribution in [0.2, 0.25) is 5.02 Å². The quantitative estimate of drug-likeness (QED) is 0.349. The maximum atomic E-state index is 15.7. The largest absolute Gasteiger partial charge is 0.490 e. The van der Waals surface area contributed by atoms with Gasteiger partial charge in [-0.2, -0.15) is 0 Å². The molecule has 1 aliphatic rings. The molecule has 1 aliphatic heterocycles. The number of amides is 1. The van der Waals surface area contributed by atoms with Gasteiger partial charge in [0.15, 0.2) is 5.82 Å². The predicted octanol–water partition coefficient (Wildman–Crippen LogP) is 5.51. The number of nitrogen functional groups attached to an aromatic ring is 1. The fourth-order valence-electron chi connectivity index (χ4n) is 4.98. The minimum Gasteiger partial charge on any atom is -0.490 e. The number of imidazole rings is 1. The number of aromatic nitrogens is 4. The summed E-state index contributed by atoms with van der Waals surface area (Å²) in [6.45, 7) is 11.1. The number of fused-ring (bicyclic) bond motifs is 1. The van der Waals surface area contributed by atoms with Crippen LogP contribution < -0.4 is 10.5 Å². The smallest absolute Gasteiger partial charge is 0.272 e. The van der Waals surface area contributed by atoms with Gasteiger partial charge in [-0.05, 0) is 38.8 Å². The van der Waals surface area contributed by atoms with E-state index in [0.717, 1.165) is 11.2 Å². The maximum Gasteiger partial charge on any atom is 0.272 e. The lowest BCUT2D eigenvalue weighted by Crippen LogP contribution is -2.48. The second kappa shape index (κ2) is 9.87. The molecule has 1 fully saturated rings. The molecule has 38 heavy (non-hydrogen) atoms. The van der Waals surface area contributed by atoms with Crippen LogP contribution in [0.25, 0.3) is 16.6 Å². The zero-order valence-electron chi connectivity index (χ0n) is 22.0. The molecule has 3 aromatic heterocycles. The van der Waals surface area contributed by atoms with Crippen LogP contribution in [-0.4, -0.2) is 49.4 Å². The second-order valence-electron chi connectivity index (χ2n) is 10.2. The van der Waals surface area contributed by atoms with Gasteiger partial charge in [0.05, 0.1) is 22.4 Å². The number of hydrogen-bond donors (Lipinski definition) is 1. The van der Waals surface area contributed by atoms with Crippen molar-refractivity contribution in [2.24, 2.45) is 5.92 Å². The van der Waals surface area contributed by atoms with Crippen molar-refractivity contribution in [3.8, 4) is 16.9 Å². The Labute approximate surface area is 225 Å². The molecule has 1 atom stereocenters. The molecule has 0 radical (unpaired) electrons. The first-order chi connectivity index (χ1) is 18.1. The lowest BCUT2D eigenvalue weighted by atomic mass is 9.93. The predicted molar refractivity (Wildman–Crippen MR) is 145 cm³/mol. The number of hydrogen-bond acceptors (Lipinski definition) is 6. The molecule has 1 aromatic carbocycles. The number of benzene rings is 1. The molecule has 1 amide bonds. The number of nitrogens with two attached hydrogens (primary N) is 1. The van der Waals surface area contributed by atoms with E-state index in [4.69, 9.17) is 27.1 Å². The fraction of sp³-hybridized carbons (Fsp3) is 0.357. The Hall–Kier alpha value is -3.72. The lowest BCUT2D eigenvalue weighted by Gasteiger charge is -2.36. The van der Waals surface area contributed by atoms with E-state index in [9.17, 15) is 4.79 Å². The number of pyridine rings is 1. The van der Waals surface area contributed by atoms with Gasteiger partial charge in [0.25, 0.3) is 5.91 Å². The van der Waals surface area contributed by atoms with Gasteiger partial charge in [0.2, 0.25) is 0 Å². The Kier molecular flexibility index (Phi) is 6.73. The Balaban J connectivity index is 1.62. The zero-order valence-corrected chi connectivity index (χ0v) is 22.8. The number of halogens is 2. The van der Waals surface area contributed by atoms with Crippen LogP contribution in [-0.2, 0) is 0 Å². The van der Waals surface area contributed by atoms with Crippen molar-refractivity contribution in [1.82, 2.24) is 24.3 Å². The Bertz CT molecular complexity index is 1530. The monoisotopic (exact) mass is 536 g/mol. The first-order valence-corrected chi connectivity index (χ1v) is 13.0. The van der Waals surface area contributed by atoms with Crippen LogP contribution in [0.4, 0.5) is 10.2 Å². The average Bonchev–Trinajstić information content (AvgIpc) is 3.21. The number of ether oxygens (including phenoxy) is 1. The minimum absolute atomic E-state index is 0.0496. The molecule has 0 aliphatic carbocycles. The molecule has 0 unspecified atom stereocenters. The van der Waals surface area contributed by atoms with Crippen molar-refractivity contribution >= 4 is 28.8 Å². The molecule has 4 aromatic rings. The number of rotatable bonds is 6. The van der Waals surface area contributed by atoms with Gasteiger partial charge in [-0.3, -0.25) is 14.2 Å². The number of nitrogens with zero attached hydrogens (tertiary/aromatic N) is 5. The highest BCUT2D eigenvalue weighted by atomic mass is 35.5. The van der Waals surface area contributed by atoms with Crippen molar-refractivity contribution in [3.05, 3.63) is 70.4 Å². The normalized spacial score (nSPS) is 14.7. The van der Waals surface area contributed by atoms with Crippen molar-refractivity contribution in [2.45, 2.75) is 46.6 Å². The van der Waals surface area contributed by atoms with Gasteiger partial charge < -0.3 is 15.4 Å². The Morgan fingerprint density at radius 1 is 1.24 bits per heavy atom. The summed E-state index contributed by atoms with van der Waals surface area (Å²) in [6.07, 6.45) is 4.66. The van der Waals surface area contributed by atoms with Crippen molar-refractivity contribution in [3.63, 3.8) is 0 Å². The summed E-state index contributed by atoms with van der Waals surface area (Å²) in [5.74, 6) is 0.808. The highest BCUT2D eigenvalue weighted by Gasteiger charge is 2.30. The van der Waals surface area contributed by atoms with E-state index in [1.54, 1.807) is 35.5 Å². The van der Waals surface area contributed by atoms with E-state index in [1.165, 1.54) is 6.20 Å². The molecule has 10 heteroatoms. The van der Waals surface area contributed by atoms with E-state index in [1.807, 2.05) is 32.1 Å². The van der Waals surface area contributed by atoms with Crippen LogP contribution in [0.15, 0.2) is 36.8 Å². The molecular formula is C28H30ClFN6O2. The molecule has 8 nitrogen and oxygen atoms in total. The highest BCUT2D eigenvalue weighted by Crippen LogP contribution is 2.44. The van der Waals surface area contributed by atoms with E-state index in [2.05, 4.69) is 16.9 Å². The molecule has 5 rings (SSSR count). The maximum absolute atomic E-state index is 15.7. The molecule has 1 saturated heterocycles. The first-order valence-electron chi connectivity index (χ1n) is 12.6. The first kappa shape index (κ1) is 25.9. The van der Waals surface area contributed by atoms with Crippen molar-refractivity contribution in [1.29, 1.82) is 0 Å². The summed E-state index contributed by atoms with van der Waals surface area (Å²) in [6, 6.07) is 4.88. The zero-order chi connectivity index (χ0) is 27.3. The number of anilines is 1. The molecule has 198 valence electrons. The third kappa shape index (κ3) is 4.45. The van der Waals surface area contributed by atoms with E-state index >= 15 is 4.39 Å². The summed E-state index contributed by atoms with van der Waals surface area (Å²) in [5.41, 5.74) is 9.20. The number of carbonyl (C=O) groups is 1. The molecule has 0 spiro atoms. The third-order valence-corrected chi connectivity index (χ3v) is 7.09. The van der Waals surface area contributed by atoms with Crippen molar-refractivity contribution < 1.29 is 13.9 Å². The average molecular weight is 537 g/mol. The van der Waals surface area contributed by atoms with Crippen LogP contribution in [0.5, 0.6) is 5.75 Å². The molecule has 0 bridgehead atoms. The topological polar surface area (TPSA) is 98.6 Å².